The average Bonchev–Trinajstić information content (AvgIpc) is 2.88. The van der Waals surface area contributed by atoms with Gasteiger partial charge >= 0.3 is 5.97 Å². The van der Waals surface area contributed by atoms with E-state index in [1.807, 2.05) is 4.90 Å². The van der Waals surface area contributed by atoms with Crippen LogP contribution in [-0.2, 0) is 4.79 Å². The molecule has 0 bridgehead atoms. The summed E-state index contributed by atoms with van der Waals surface area (Å²) in [6.45, 7) is 1.02. The predicted octanol–water partition coefficient (Wildman–Crippen LogP) is 5.39. The first-order chi connectivity index (χ1) is 17.4. The van der Waals surface area contributed by atoms with E-state index in [0.29, 0.717) is 41.6 Å². The van der Waals surface area contributed by atoms with Gasteiger partial charge in [-0.05, 0) is 73.7 Å². The Hall–Kier alpha value is -3.57. The second-order valence-corrected chi connectivity index (χ2v) is 8.96. The van der Waals surface area contributed by atoms with Gasteiger partial charge in [0.2, 0.25) is 0 Å². The van der Waals surface area contributed by atoms with Gasteiger partial charge in [0, 0.05) is 18.1 Å². The maximum absolute atomic E-state index is 15.3. The fraction of sp³-hybridized carbons (Fsp3) is 0.357. The third-order valence-corrected chi connectivity index (χ3v) is 6.75. The van der Waals surface area contributed by atoms with Crippen molar-refractivity contribution in [2.24, 2.45) is 11.8 Å². The van der Waals surface area contributed by atoms with Crippen LogP contribution in [0.3, 0.4) is 0 Å². The number of piperidine rings is 1. The lowest BCUT2D eigenvalue weighted by molar-refractivity contribution is -0.146. The van der Waals surface area contributed by atoms with E-state index in [-0.39, 0.29) is 31.0 Å². The van der Waals surface area contributed by atoms with Crippen molar-refractivity contribution in [1.82, 2.24) is 9.88 Å². The number of methoxy groups -OCH3 is 1. The van der Waals surface area contributed by atoms with Crippen LogP contribution < -0.4 is 4.74 Å². The molecule has 0 saturated carbocycles. The van der Waals surface area contributed by atoms with Crippen LogP contribution in [0.1, 0.15) is 36.6 Å². The fourth-order valence-corrected chi connectivity index (χ4v) is 4.76. The number of alkyl halides is 1. The number of fused-ring (bicyclic) bond motifs is 1. The van der Waals surface area contributed by atoms with Crippen LogP contribution in [-0.4, -0.2) is 47.7 Å². The zero-order valence-corrected chi connectivity index (χ0v) is 19.9. The molecule has 0 spiro atoms. The summed E-state index contributed by atoms with van der Waals surface area (Å²) in [5.41, 5.74) is 0.889. The van der Waals surface area contributed by atoms with Gasteiger partial charge in [0.25, 0.3) is 0 Å². The monoisotopic (exact) mass is 496 g/mol. The van der Waals surface area contributed by atoms with Gasteiger partial charge in [0.1, 0.15) is 23.6 Å². The SMILES string of the molecule is COc1ccc2nccc([C@@H](F)CC[C@@H]3CCN(CC#Cc4c(F)cccc4F)C[C@@H]3C(=O)O)c2c1. The first-order valence-corrected chi connectivity index (χ1v) is 11.8. The Labute approximate surface area is 207 Å². The smallest absolute Gasteiger partial charge is 0.308 e. The van der Waals surface area contributed by atoms with Gasteiger partial charge in [-0.25, -0.2) is 13.2 Å². The molecule has 3 aromatic rings. The van der Waals surface area contributed by atoms with Crippen LogP contribution in [0.2, 0.25) is 0 Å². The normalized spacial score (nSPS) is 18.9. The van der Waals surface area contributed by atoms with Crippen molar-refractivity contribution in [3.63, 3.8) is 0 Å². The molecule has 0 amide bonds. The lowest BCUT2D eigenvalue weighted by Gasteiger charge is -2.35. The van der Waals surface area contributed by atoms with Gasteiger partial charge in [0.15, 0.2) is 0 Å². The Morgan fingerprint density at radius 1 is 1.25 bits per heavy atom. The maximum Gasteiger partial charge on any atom is 0.308 e. The second-order valence-electron chi connectivity index (χ2n) is 8.96. The van der Waals surface area contributed by atoms with Crippen molar-refractivity contribution < 1.29 is 27.8 Å². The summed E-state index contributed by atoms with van der Waals surface area (Å²) in [7, 11) is 1.55. The molecule has 1 N–H and O–H groups in total. The number of ether oxygens (including phenoxy) is 1. The first-order valence-electron chi connectivity index (χ1n) is 11.8. The molecular formula is C28H27F3N2O3. The largest absolute Gasteiger partial charge is 0.497 e. The highest BCUT2D eigenvalue weighted by Crippen LogP contribution is 2.35. The molecule has 4 rings (SSSR count). The van der Waals surface area contributed by atoms with E-state index in [9.17, 15) is 18.7 Å². The molecule has 8 heteroatoms. The Morgan fingerprint density at radius 2 is 2.03 bits per heavy atom. The summed E-state index contributed by atoms with van der Waals surface area (Å²) >= 11 is 0. The minimum atomic E-state index is -1.27. The average molecular weight is 497 g/mol. The topological polar surface area (TPSA) is 62.7 Å². The molecule has 0 unspecified atom stereocenters. The van der Waals surface area contributed by atoms with E-state index >= 15 is 4.39 Å². The molecule has 0 aliphatic carbocycles. The third kappa shape index (κ3) is 5.80. The van der Waals surface area contributed by atoms with Crippen molar-refractivity contribution in [1.29, 1.82) is 0 Å². The lowest BCUT2D eigenvalue weighted by atomic mass is 9.81. The maximum atomic E-state index is 15.3. The molecule has 3 atom stereocenters. The van der Waals surface area contributed by atoms with Crippen molar-refractivity contribution in [3.05, 3.63) is 71.4 Å². The number of carbonyl (C=O) groups is 1. The number of benzene rings is 2. The zero-order valence-electron chi connectivity index (χ0n) is 19.9. The molecule has 36 heavy (non-hydrogen) atoms. The number of carboxylic acid groups (broad SMARTS) is 1. The minimum absolute atomic E-state index is 0.184. The van der Waals surface area contributed by atoms with Crippen LogP contribution >= 0.6 is 0 Å². The van der Waals surface area contributed by atoms with Crippen molar-refractivity contribution in [2.45, 2.75) is 25.4 Å². The molecule has 188 valence electrons. The van der Waals surface area contributed by atoms with E-state index in [1.165, 1.54) is 6.07 Å². The van der Waals surface area contributed by atoms with Crippen LogP contribution in [0, 0.1) is 35.3 Å². The van der Waals surface area contributed by atoms with E-state index in [0.717, 1.165) is 12.1 Å². The number of pyridine rings is 1. The summed E-state index contributed by atoms with van der Waals surface area (Å²) in [5.74, 6) is 2.62. The summed E-state index contributed by atoms with van der Waals surface area (Å²) in [6.07, 6.45) is 1.49. The Morgan fingerprint density at radius 3 is 2.75 bits per heavy atom. The summed E-state index contributed by atoms with van der Waals surface area (Å²) in [6, 6.07) is 10.5. The zero-order chi connectivity index (χ0) is 25.7. The van der Waals surface area contributed by atoms with Gasteiger partial charge < -0.3 is 9.84 Å². The highest BCUT2D eigenvalue weighted by atomic mass is 19.1. The van der Waals surface area contributed by atoms with Gasteiger partial charge in [-0.15, -0.1) is 0 Å². The van der Waals surface area contributed by atoms with Gasteiger partial charge in [-0.1, -0.05) is 17.9 Å². The molecule has 1 aliphatic heterocycles. The first kappa shape index (κ1) is 25.5. The number of likely N-dealkylation sites (tertiary alicyclic amines) is 1. The van der Waals surface area contributed by atoms with E-state index in [4.69, 9.17) is 4.74 Å². The predicted molar refractivity (Wildman–Crippen MR) is 130 cm³/mol. The number of halogens is 3. The van der Waals surface area contributed by atoms with Crippen LogP contribution in [0.25, 0.3) is 10.9 Å². The fourth-order valence-electron chi connectivity index (χ4n) is 4.76. The van der Waals surface area contributed by atoms with Crippen molar-refractivity contribution in [2.75, 3.05) is 26.7 Å². The van der Waals surface area contributed by atoms with E-state index in [1.54, 1.807) is 37.6 Å². The van der Waals surface area contributed by atoms with Crippen LogP contribution in [0.4, 0.5) is 13.2 Å². The molecule has 5 nitrogen and oxygen atoms in total. The molecule has 2 heterocycles. The summed E-state index contributed by atoms with van der Waals surface area (Å²) in [5, 5.41) is 10.5. The second kappa shape index (κ2) is 11.4. The molecular weight excluding hydrogens is 469 g/mol. The number of aliphatic carboxylic acids is 1. The molecule has 1 aromatic heterocycles. The van der Waals surface area contributed by atoms with Gasteiger partial charge in [-0.2, -0.15) is 0 Å². The van der Waals surface area contributed by atoms with Gasteiger partial charge in [0.05, 0.1) is 30.7 Å². The van der Waals surface area contributed by atoms with Crippen LogP contribution in [0.15, 0.2) is 48.7 Å². The molecule has 1 fully saturated rings. The minimum Gasteiger partial charge on any atom is -0.497 e. The standard InChI is InChI=1S/C28H27F3N2O3/c1-36-19-8-10-27-22(16-19)20(11-13-32-27)26(31)9-7-18-12-15-33(17-23(18)28(34)35)14-3-4-21-24(29)5-2-6-25(21)30/h2,5-6,8,10-11,13,16,18,23,26H,7,9,12,14-15,17H2,1H3,(H,34,35)/t18-,23+,26+/m1/s1. The number of carboxylic acids is 1. The highest BCUT2D eigenvalue weighted by molar-refractivity contribution is 5.83. The summed E-state index contributed by atoms with van der Waals surface area (Å²) in [4.78, 5) is 18.1. The molecule has 1 saturated heterocycles. The molecule has 2 aromatic carbocycles. The van der Waals surface area contributed by atoms with E-state index < -0.39 is 29.7 Å². The van der Waals surface area contributed by atoms with Crippen molar-refractivity contribution >= 4 is 16.9 Å². The molecule has 1 aliphatic rings. The lowest BCUT2D eigenvalue weighted by Crippen LogP contribution is -2.44. The van der Waals surface area contributed by atoms with E-state index in [2.05, 4.69) is 16.8 Å². The Balaban J connectivity index is 1.39. The summed E-state index contributed by atoms with van der Waals surface area (Å²) < 4.78 is 48.1. The number of hydrogen-bond donors (Lipinski definition) is 1. The number of hydrogen-bond acceptors (Lipinski definition) is 4. The third-order valence-electron chi connectivity index (χ3n) is 6.75. The quantitative estimate of drug-likeness (QED) is 0.445. The highest BCUT2D eigenvalue weighted by Gasteiger charge is 2.34. The van der Waals surface area contributed by atoms with Crippen LogP contribution in [0.5, 0.6) is 5.75 Å². The Bertz CT molecular complexity index is 1280. The number of rotatable bonds is 7. The number of aromatic nitrogens is 1. The Kier molecular flexibility index (Phi) is 8.11. The van der Waals surface area contributed by atoms with Gasteiger partial charge in [-0.3, -0.25) is 14.7 Å². The van der Waals surface area contributed by atoms with Crippen molar-refractivity contribution in [3.8, 4) is 17.6 Å². The molecule has 0 radical (unpaired) electrons. The number of nitrogens with zero attached hydrogens (tertiary/aromatic N) is 2.